The number of methoxy groups -OCH3 is 1. The summed E-state index contributed by atoms with van der Waals surface area (Å²) in [7, 11) is 4.38. The number of pyridine rings is 1. The molecular formula is C23H26B2FN9O9P2. The van der Waals surface area contributed by atoms with Gasteiger partial charge in [-0.15, -0.1) is 0 Å². The number of halogens is 1. The van der Waals surface area contributed by atoms with Gasteiger partial charge in [0, 0.05) is 13.3 Å². The van der Waals surface area contributed by atoms with Gasteiger partial charge >= 0.3 is 0 Å². The van der Waals surface area contributed by atoms with E-state index in [1.54, 1.807) is 6.07 Å². The minimum atomic E-state index is -4.57. The quantitative estimate of drug-likeness (QED) is 0.231. The number of ether oxygens (including phenoxy) is 3. The molecule has 3 aliphatic rings. The van der Waals surface area contributed by atoms with Gasteiger partial charge in [0.2, 0.25) is 15.1 Å². The number of nitrogens with two attached hydrogens (primary N) is 2. The summed E-state index contributed by atoms with van der Waals surface area (Å²) in [6.45, 7) is 0.818. The zero-order valence-corrected chi connectivity index (χ0v) is 26.0. The molecule has 18 nitrogen and oxygen atoms in total. The van der Waals surface area contributed by atoms with Crippen molar-refractivity contribution in [3.63, 3.8) is 0 Å². The fourth-order valence-corrected chi connectivity index (χ4v) is 8.09. The van der Waals surface area contributed by atoms with Crippen LogP contribution in [0.2, 0.25) is 0 Å². The van der Waals surface area contributed by atoms with Gasteiger partial charge in [-0.05, 0) is 13.0 Å². The van der Waals surface area contributed by atoms with E-state index in [1.807, 2.05) is 0 Å². The van der Waals surface area contributed by atoms with Crippen LogP contribution in [0, 0.1) is 0 Å². The van der Waals surface area contributed by atoms with Crippen LogP contribution in [0.25, 0.3) is 22.3 Å². The number of hydrogen-bond acceptors (Lipinski definition) is 16. The number of aromatic nitrogens is 7. The highest BCUT2D eigenvalue weighted by Crippen LogP contribution is 2.55. The zero-order chi connectivity index (χ0) is 32.5. The van der Waals surface area contributed by atoms with Crippen molar-refractivity contribution in [1.82, 2.24) is 34.1 Å². The molecule has 4 aromatic heterocycles. The van der Waals surface area contributed by atoms with Crippen LogP contribution in [-0.2, 0) is 41.4 Å². The molecular weight excluding hydrogens is 649 g/mol. The first-order valence-corrected chi connectivity index (χ1v) is 17.0. The van der Waals surface area contributed by atoms with Crippen LogP contribution >= 0.6 is 14.9 Å². The van der Waals surface area contributed by atoms with Crippen LogP contribution in [0.15, 0.2) is 31.2 Å². The molecule has 0 aliphatic carbocycles. The van der Waals surface area contributed by atoms with E-state index in [2.05, 4.69) is 24.9 Å². The largest absolute Gasteiger partial charge is 0.397 e. The standard InChI is InChI=1S/C23H26B2FN9O9P2/c1-9-15-17(18(38-2)23(41-15)35-7-32-13-10(27)3-4-29-20(13)35)44-45(24,36)39-5-11-16(43-46(25,37)42-9)12(26)22(40-11)34-8-33-14-19(28)30-6-31-21(14)34/h3-4,6-9,11-12,15-18,22-23H,5H2,1-2H3,(H2,27,29)(H2,28,30,31)/t9?,11-,12?,15-,16+,17?,18+,22-,23-,45?,46?/m1/s1. The van der Waals surface area contributed by atoms with Crippen LogP contribution in [0.1, 0.15) is 19.4 Å². The fraction of sp³-hybridized carbons (Fsp3) is 0.522. The third-order valence-corrected chi connectivity index (χ3v) is 10.1. The number of hydrogen-bond donors (Lipinski definition) is 2. The Morgan fingerprint density at radius 2 is 1.61 bits per heavy atom. The van der Waals surface area contributed by atoms with Crippen molar-refractivity contribution in [2.45, 2.75) is 62.2 Å². The molecule has 4 N–H and O–H groups in total. The molecule has 240 valence electrons. The van der Waals surface area contributed by atoms with Crippen molar-refractivity contribution in [3.05, 3.63) is 31.2 Å². The molecule has 46 heavy (non-hydrogen) atoms. The van der Waals surface area contributed by atoms with Gasteiger partial charge in [-0.2, -0.15) is 0 Å². The van der Waals surface area contributed by atoms with Gasteiger partial charge in [0.05, 0.1) is 31.1 Å². The summed E-state index contributed by atoms with van der Waals surface area (Å²) >= 11 is 0. The third-order valence-electron chi connectivity index (χ3n) is 7.92. The Morgan fingerprint density at radius 1 is 0.913 bits per heavy atom. The van der Waals surface area contributed by atoms with Gasteiger partial charge in [0.25, 0.3) is 14.9 Å². The topological polar surface area (TPSA) is 225 Å². The molecule has 3 fully saturated rings. The number of nitrogens with zero attached hydrogens (tertiary/aromatic N) is 7. The van der Waals surface area contributed by atoms with Crippen LogP contribution < -0.4 is 11.5 Å². The second-order valence-electron chi connectivity index (χ2n) is 10.8. The summed E-state index contributed by atoms with van der Waals surface area (Å²) in [4.78, 5) is 20.7. The number of anilines is 2. The lowest BCUT2D eigenvalue weighted by molar-refractivity contribution is -0.0787. The van der Waals surface area contributed by atoms with Gasteiger partial charge in [-0.3, -0.25) is 18.3 Å². The Morgan fingerprint density at radius 3 is 2.37 bits per heavy atom. The maximum absolute atomic E-state index is 16.1. The van der Waals surface area contributed by atoms with Crippen LogP contribution in [0.4, 0.5) is 15.9 Å². The Balaban J connectivity index is 1.20. The molecule has 0 bridgehead atoms. The van der Waals surface area contributed by atoms with Gasteiger partial charge < -0.3 is 43.8 Å². The van der Waals surface area contributed by atoms with E-state index < -0.39 is 76.8 Å². The van der Waals surface area contributed by atoms with E-state index in [4.69, 9.17) is 58.9 Å². The minimum Gasteiger partial charge on any atom is -0.397 e. The van der Waals surface area contributed by atoms with E-state index >= 15 is 4.39 Å². The average molecular weight is 675 g/mol. The predicted molar refractivity (Wildman–Crippen MR) is 158 cm³/mol. The number of rotatable bonds is 3. The van der Waals surface area contributed by atoms with E-state index in [0.29, 0.717) is 16.9 Å². The van der Waals surface area contributed by atoms with Gasteiger partial charge in [-0.25, -0.2) is 29.3 Å². The molecule has 11 atom stereocenters. The van der Waals surface area contributed by atoms with Crippen molar-refractivity contribution < 1.29 is 45.8 Å². The maximum atomic E-state index is 16.1. The van der Waals surface area contributed by atoms with E-state index in [0.717, 1.165) is 0 Å². The average Bonchev–Trinajstić information content (AvgIpc) is 3.76. The van der Waals surface area contributed by atoms with Crippen molar-refractivity contribution in [2.75, 3.05) is 25.2 Å². The SMILES string of the molecule is [B]P1(=O)OC[C@H]2O[C@@H](n3cnc4c(N)ncnc43)C(F)[C@H]2OP([B])(=O)OC(C)[C@H]2O[C@@H](n3cnc4c(N)ccnc43)[C@@H](OC)C2O1. The number of alkyl halides is 1. The molecule has 0 saturated carbocycles. The lowest BCUT2D eigenvalue weighted by atomic mass is 10.1. The normalized spacial score (nSPS) is 38.7. The van der Waals surface area contributed by atoms with Gasteiger partial charge in [0.1, 0.15) is 47.9 Å². The van der Waals surface area contributed by atoms with Gasteiger partial charge in [0.15, 0.2) is 35.7 Å². The Kier molecular flexibility index (Phi) is 7.98. The highest BCUT2D eigenvalue weighted by molar-refractivity contribution is 7.79. The van der Waals surface area contributed by atoms with E-state index in [9.17, 15) is 9.13 Å². The Bertz CT molecular complexity index is 1890. The monoisotopic (exact) mass is 675 g/mol. The van der Waals surface area contributed by atoms with Crippen LogP contribution in [-0.4, -0.2) is 106 Å². The summed E-state index contributed by atoms with van der Waals surface area (Å²) in [5.74, 6) is 0.0595. The van der Waals surface area contributed by atoms with Crippen molar-refractivity contribution in [1.29, 1.82) is 0 Å². The van der Waals surface area contributed by atoms with Gasteiger partial charge in [-0.1, -0.05) is 0 Å². The molecule has 3 aliphatic heterocycles. The van der Waals surface area contributed by atoms with Crippen LogP contribution in [0.5, 0.6) is 0 Å². The first-order chi connectivity index (χ1) is 21.9. The minimum absolute atomic E-state index is 0.0595. The molecule has 0 amide bonds. The molecule has 4 radical (unpaired) electrons. The van der Waals surface area contributed by atoms with Crippen molar-refractivity contribution >= 4 is 63.9 Å². The Labute approximate surface area is 262 Å². The highest BCUT2D eigenvalue weighted by Gasteiger charge is 2.55. The summed E-state index contributed by atoms with van der Waals surface area (Å²) in [5, 5.41) is 0. The molecule has 7 heterocycles. The number of imidazole rings is 2. The molecule has 7 rings (SSSR count). The molecule has 5 unspecified atom stereocenters. The Hall–Kier alpha value is -2.99. The maximum Gasteiger partial charge on any atom is 0.264 e. The highest BCUT2D eigenvalue weighted by atomic mass is 31.2. The molecule has 0 spiro atoms. The second-order valence-corrected chi connectivity index (χ2v) is 13.9. The number of nitrogen functional groups attached to an aromatic ring is 2. The predicted octanol–water partition coefficient (Wildman–Crippen LogP) is 1.34. The lowest BCUT2D eigenvalue weighted by Crippen LogP contribution is -2.42. The first-order valence-electron chi connectivity index (χ1n) is 13.8. The molecule has 0 aromatic carbocycles. The second kappa shape index (κ2) is 11.6. The lowest BCUT2D eigenvalue weighted by Gasteiger charge is -2.33. The first kappa shape index (κ1) is 31.6. The summed E-state index contributed by atoms with van der Waals surface area (Å²) in [6.07, 6.45) is -6.79. The fourth-order valence-electron chi connectivity index (χ4n) is 5.87. The smallest absolute Gasteiger partial charge is 0.264 e. The molecule has 4 aromatic rings. The van der Waals surface area contributed by atoms with Crippen molar-refractivity contribution in [3.8, 4) is 0 Å². The number of fused-ring (bicyclic) bond motifs is 4. The molecule has 23 heteroatoms. The van der Waals surface area contributed by atoms with E-state index in [-0.39, 0.29) is 17.0 Å². The third kappa shape index (κ3) is 5.42. The summed E-state index contributed by atoms with van der Waals surface area (Å²) < 4.78 is 86.4. The van der Waals surface area contributed by atoms with E-state index in [1.165, 1.54) is 48.3 Å². The van der Waals surface area contributed by atoms with Crippen molar-refractivity contribution in [2.24, 2.45) is 0 Å². The summed E-state index contributed by atoms with van der Waals surface area (Å²) in [5.41, 5.74) is 13.4. The summed E-state index contributed by atoms with van der Waals surface area (Å²) in [6, 6.07) is 1.58. The van der Waals surface area contributed by atoms with Crippen LogP contribution in [0.3, 0.4) is 0 Å². The molecule has 3 saturated heterocycles. The zero-order valence-electron chi connectivity index (χ0n) is 24.2.